The molecule has 0 aromatic heterocycles. The van der Waals surface area contributed by atoms with E-state index in [9.17, 15) is 10.1 Å². The molecule has 0 aliphatic carbocycles. The summed E-state index contributed by atoms with van der Waals surface area (Å²) >= 11 is 0. The Labute approximate surface area is 110 Å². The van der Waals surface area contributed by atoms with Gasteiger partial charge in [0.05, 0.1) is 33.4 Å². The SMILES string of the molecule is COc1cc(/C=C/[N+](=O)[O-])c(OC)c(OC)c1OC. The zero-order valence-corrected chi connectivity index (χ0v) is 11.1. The lowest BCUT2D eigenvalue weighted by Crippen LogP contribution is -2.00. The van der Waals surface area contributed by atoms with E-state index >= 15 is 0 Å². The van der Waals surface area contributed by atoms with Gasteiger partial charge in [0.25, 0.3) is 0 Å². The fourth-order valence-corrected chi connectivity index (χ4v) is 1.62. The first kappa shape index (κ1) is 14.6. The predicted molar refractivity (Wildman–Crippen MR) is 68.7 cm³/mol. The average molecular weight is 269 g/mol. The van der Waals surface area contributed by atoms with Crippen LogP contribution in [-0.4, -0.2) is 33.4 Å². The molecule has 7 nitrogen and oxygen atoms in total. The lowest BCUT2D eigenvalue weighted by molar-refractivity contribution is -0.400. The topological polar surface area (TPSA) is 80.1 Å². The third kappa shape index (κ3) is 3.06. The zero-order valence-electron chi connectivity index (χ0n) is 11.1. The van der Waals surface area contributed by atoms with Crippen LogP contribution in [-0.2, 0) is 0 Å². The van der Waals surface area contributed by atoms with E-state index in [1.165, 1.54) is 34.5 Å². The lowest BCUT2D eigenvalue weighted by Gasteiger charge is -2.16. The Hall–Kier alpha value is -2.44. The van der Waals surface area contributed by atoms with E-state index in [1.54, 1.807) is 6.07 Å². The van der Waals surface area contributed by atoms with Crippen molar-refractivity contribution in [2.45, 2.75) is 0 Å². The third-order valence-corrected chi connectivity index (χ3v) is 2.39. The number of nitrogens with zero attached hydrogens (tertiary/aromatic N) is 1. The summed E-state index contributed by atoms with van der Waals surface area (Å²) in [7, 11) is 5.81. The van der Waals surface area contributed by atoms with Crippen molar-refractivity contribution in [2.24, 2.45) is 0 Å². The van der Waals surface area contributed by atoms with E-state index in [2.05, 4.69) is 0 Å². The molecule has 104 valence electrons. The van der Waals surface area contributed by atoms with Crippen LogP contribution < -0.4 is 18.9 Å². The van der Waals surface area contributed by atoms with Gasteiger partial charge in [-0.3, -0.25) is 10.1 Å². The highest BCUT2D eigenvalue weighted by atomic mass is 16.6. The minimum atomic E-state index is -0.567. The van der Waals surface area contributed by atoms with Gasteiger partial charge in [-0.05, 0) is 6.07 Å². The van der Waals surface area contributed by atoms with Gasteiger partial charge in [-0.1, -0.05) is 0 Å². The van der Waals surface area contributed by atoms with Crippen LogP contribution in [0.2, 0.25) is 0 Å². The zero-order chi connectivity index (χ0) is 14.4. The van der Waals surface area contributed by atoms with Crippen LogP contribution in [0.5, 0.6) is 23.0 Å². The van der Waals surface area contributed by atoms with Crippen molar-refractivity contribution in [3.63, 3.8) is 0 Å². The number of nitro groups is 1. The maximum atomic E-state index is 10.4. The fourth-order valence-electron chi connectivity index (χ4n) is 1.62. The minimum Gasteiger partial charge on any atom is -0.493 e. The van der Waals surface area contributed by atoms with E-state index in [4.69, 9.17) is 18.9 Å². The Balaban J connectivity index is 3.50. The molecule has 0 aliphatic rings. The summed E-state index contributed by atoms with van der Waals surface area (Å²) in [6.45, 7) is 0. The maximum Gasteiger partial charge on any atom is 0.235 e. The van der Waals surface area contributed by atoms with Crippen molar-refractivity contribution in [1.82, 2.24) is 0 Å². The monoisotopic (exact) mass is 269 g/mol. The van der Waals surface area contributed by atoms with Gasteiger partial charge in [0.1, 0.15) is 0 Å². The highest BCUT2D eigenvalue weighted by Crippen LogP contribution is 2.46. The van der Waals surface area contributed by atoms with Crippen LogP contribution in [0.3, 0.4) is 0 Å². The van der Waals surface area contributed by atoms with Crippen LogP contribution in [0, 0.1) is 10.1 Å². The second-order valence-corrected chi connectivity index (χ2v) is 3.37. The Morgan fingerprint density at radius 1 is 1.00 bits per heavy atom. The summed E-state index contributed by atoms with van der Waals surface area (Å²) in [5.41, 5.74) is 0.453. The molecule has 0 saturated heterocycles. The molecular formula is C12H15NO6. The van der Waals surface area contributed by atoms with E-state index < -0.39 is 4.92 Å². The number of hydrogen-bond donors (Lipinski definition) is 0. The first-order valence-corrected chi connectivity index (χ1v) is 5.27. The van der Waals surface area contributed by atoms with E-state index in [1.807, 2.05) is 0 Å². The molecule has 0 radical (unpaired) electrons. The standard InChI is InChI=1S/C12H15NO6/c1-16-9-7-8(5-6-13(14)15)10(17-2)12(19-4)11(9)18-3/h5-7H,1-4H3/b6-5+. The Bertz CT molecular complexity index is 497. The molecule has 0 aliphatic heterocycles. The number of hydrogen-bond acceptors (Lipinski definition) is 6. The third-order valence-electron chi connectivity index (χ3n) is 2.39. The highest BCUT2D eigenvalue weighted by Gasteiger charge is 2.20. The second kappa shape index (κ2) is 6.48. The largest absolute Gasteiger partial charge is 0.493 e. The quantitative estimate of drug-likeness (QED) is 0.580. The molecule has 1 aromatic rings. The summed E-state index contributed by atoms with van der Waals surface area (Å²) in [4.78, 5) is 9.83. The number of methoxy groups -OCH3 is 4. The second-order valence-electron chi connectivity index (χ2n) is 3.37. The van der Waals surface area contributed by atoms with Gasteiger partial charge in [0.2, 0.25) is 17.7 Å². The summed E-state index contributed by atoms with van der Waals surface area (Å²) < 4.78 is 20.8. The van der Waals surface area contributed by atoms with Crippen molar-refractivity contribution in [2.75, 3.05) is 28.4 Å². The van der Waals surface area contributed by atoms with Crippen molar-refractivity contribution in [1.29, 1.82) is 0 Å². The molecule has 1 rings (SSSR count). The smallest absolute Gasteiger partial charge is 0.235 e. The van der Waals surface area contributed by atoms with Gasteiger partial charge in [0, 0.05) is 11.6 Å². The van der Waals surface area contributed by atoms with Gasteiger partial charge >= 0.3 is 0 Å². The molecular weight excluding hydrogens is 254 g/mol. The highest BCUT2D eigenvalue weighted by molar-refractivity contribution is 5.70. The number of rotatable bonds is 6. The summed E-state index contributed by atoms with van der Waals surface area (Å²) in [5.74, 6) is 1.40. The van der Waals surface area contributed by atoms with Crippen LogP contribution in [0.4, 0.5) is 0 Å². The molecule has 0 saturated carbocycles. The summed E-state index contributed by atoms with van der Waals surface area (Å²) in [6.07, 6.45) is 2.10. The van der Waals surface area contributed by atoms with E-state index in [-0.39, 0.29) is 0 Å². The van der Waals surface area contributed by atoms with Crippen molar-refractivity contribution in [3.05, 3.63) is 27.9 Å². The lowest BCUT2D eigenvalue weighted by atomic mass is 10.1. The minimum absolute atomic E-state index is 0.312. The molecule has 1 aromatic carbocycles. The molecule has 0 spiro atoms. The molecule has 0 heterocycles. The Kier molecular flexibility index (Phi) is 4.99. The van der Waals surface area contributed by atoms with Gasteiger partial charge in [-0.25, -0.2) is 0 Å². The predicted octanol–water partition coefficient (Wildman–Crippen LogP) is 1.97. The average Bonchev–Trinajstić information content (AvgIpc) is 2.42. The number of ether oxygens (including phenoxy) is 4. The molecule has 19 heavy (non-hydrogen) atoms. The first-order valence-electron chi connectivity index (χ1n) is 5.27. The normalized spacial score (nSPS) is 10.3. The van der Waals surface area contributed by atoms with Crippen LogP contribution in [0.1, 0.15) is 5.56 Å². The van der Waals surface area contributed by atoms with Crippen LogP contribution >= 0.6 is 0 Å². The van der Waals surface area contributed by atoms with Gasteiger partial charge in [-0.15, -0.1) is 0 Å². The van der Waals surface area contributed by atoms with Gasteiger partial charge in [-0.2, -0.15) is 0 Å². The molecule has 0 bridgehead atoms. The van der Waals surface area contributed by atoms with Crippen molar-refractivity contribution < 1.29 is 23.9 Å². The van der Waals surface area contributed by atoms with Crippen LogP contribution in [0.25, 0.3) is 6.08 Å². The maximum absolute atomic E-state index is 10.4. The summed E-state index contributed by atoms with van der Waals surface area (Å²) in [5, 5.41) is 10.4. The van der Waals surface area contributed by atoms with Gasteiger partial charge < -0.3 is 18.9 Å². The molecule has 0 fully saturated rings. The molecule has 0 unspecified atom stereocenters. The fraction of sp³-hybridized carbons (Fsp3) is 0.333. The Morgan fingerprint density at radius 3 is 2.00 bits per heavy atom. The van der Waals surface area contributed by atoms with E-state index in [0.29, 0.717) is 28.6 Å². The summed E-state index contributed by atoms with van der Waals surface area (Å²) in [6, 6.07) is 1.57. The van der Waals surface area contributed by atoms with Gasteiger partial charge in [0.15, 0.2) is 11.5 Å². The molecule has 0 amide bonds. The first-order chi connectivity index (χ1) is 9.08. The molecule has 0 atom stereocenters. The van der Waals surface area contributed by atoms with Crippen LogP contribution in [0.15, 0.2) is 12.3 Å². The molecule has 0 N–H and O–H groups in total. The molecule has 7 heteroatoms. The Morgan fingerprint density at radius 2 is 1.58 bits per heavy atom. The van der Waals surface area contributed by atoms with E-state index in [0.717, 1.165) is 6.20 Å². The number of benzene rings is 1. The van der Waals surface area contributed by atoms with Crippen molar-refractivity contribution >= 4 is 6.08 Å². The van der Waals surface area contributed by atoms with Crippen molar-refractivity contribution in [3.8, 4) is 23.0 Å².